The van der Waals surface area contributed by atoms with Gasteiger partial charge in [-0.1, -0.05) is 11.3 Å². The van der Waals surface area contributed by atoms with Crippen molar-refractivity contribution in [2.75, 3.05) is 37.7 Å². The maximum Gasteiger partial charge on any atom is 0.274 e. The molecule has 25 heavy (non-hydrogen) atoms. The molecule has 3 heterocycles. The average Bonchev–Trinajstić information content (AvgIpc) is 3.05. The Labute approximate surface area is 149 Å². The van der Waals surface area contributed by atoms with Crippen molar-refractivity contribution in [1.82, 2.24) is 19.9 Å². The maximum atomic E-state index is 12.4. The van der Waals surface area contributed by atoms with Gasteiger partial charge in [-0.2, -0.15) is 9.50 Å². The zero-order valence-corrected chi connectivity index (χ0v) is 15.2. The molecule has 0 aromatic carbocycles. The summed E-state index contributed by atoms with van der Waals surface area (Å²) in [6.45, 7) is 5.57. The number of anilines is 1. The van der Waals surface area contributed by atoms with E-state index in [0.29, 0.717) is 24.7 Å². The normalized spacial score (nSPS) is 14.8. The number of carbonyl (C=O) groups is 1. The average molecular weight is 365 g/mol. The Morgan fingerprint density at radius 3 is 2.92 bits per heavy atom. The summed E-state index contributed by atoms with van der Waals surface area (Å²) in [6.07, 6.45) is 4.22. The van der Waals surface area contributed by atoms with Gasteiger partial charge in [0.2, 0.25) is 10.1 Å². The van der Waals surface area contributed by atoms with Crippen LogP contribution in [0.1, 0.15) is 43.1 Å². The molecule has 1 aliphatic rings. The van der Waals surface area contributed by atoms with Crippen molar-refractivity contribution in [3.8, 4) is 0 Å². The number of nitrogens with zero attached hydrogens (tertiary/aromatic N) is 4. The molecule has 0 bridgehead atoms. The number of ether oxygens (including phenoxy) is 1. The standard InChI is InChI=1S/C16H23N5O3S/c1-2-24-10-6-7-17-14(23)12-11-13(22)18-15-21(12)19-16(25-15)20-8-4-3-5-9-20/h11H,2-10H2,1H3,(H,17,23). The SMILES string of the molecule is CCOCCCNC(=O)c1cc(=O)nc2sc(N3CCCCC3)nn12. The third kappa shape index (κ3) is 4.35. The number of carbonyl (C=O) groups excluding carboxylic acids is 1. The molecule has 0 spiro atoms. The second-order valence-corrected chi connectivity index (χ2v) is 6.85. The van der Waals surface area contributed by atoms with Crippen LogP contribution in [-0.2, 0) is 4.74 Å². The second-order valence-electron chi connectivity index (χ2n) is 5.91. The maximum absolute atomic E-state index is 12.4. The third-order valence-corrected chi connectivity index (χ3v) is 5.03. The van der Waals surface area contributed by atoms with Crippen LogP contribution in [0.4, 0.5) is 5.13 Å². The molecule has 0 unspecified atom stereocenters. The highest BCUT2D eigenvalue weighted by molar-refractivity contribution is 7.20. The zero-order valence-electron chi connectivity index (χ0n) is 14.4. The number of amides is 1. The van der Waals surface area contributed by atoms with Crippen molar-refractivity contribution in [3.63, 3.8) is 0 Å². The van der Waals surface area contributed by atoms with Crippen molar-refractivity contribution in [3.05, 3.63) is 22.1 Å². The van der Waals surface area contributed by atoms with Crippen molar-refractivity contribution in [2.45, 2.75) is 32.6 Å². The Kier molecular flexibility index (Phi) is 5.98. The number of nitrogens with one attached hydrogen (secondary N) is 1. The van der Waals surface area contributed by atoms with E-state index in [4.69, 9.17) is 4.74 Å². The van der Waals surface area contributed by atoms with Crippen LogP contribution in [0, 0.1) is 0 Å². The topological polar surface area (TPSA) is 88.8 Å². The molecule has 9 heteroatoms. The Bertz CT molecular complexity index is 782. The molecule has 1 amide bonds. The van der Waals surface area contributed by atoms with Crippen LogP contribution < -0.4 is 15.8 Å². The van der Waals surface area contributed by atoms with Crippen LogP contribution in [0.2, 0.25) is 0 Å². The van der Waals surface area contributed by atoms with E-state index >= 15 is 0 Å². The van der Waals surface area contributed by atoms with Crippen LogP contribution >= 0.6 is 11.3 Å². The molecule has 136 valence electrons. The van der Waals surface area contributed by atoms with E-state index in [2.05, 4.69) is 20.3 Å². The first-order chi connectivity index (χ1) is 12.2. The van der Waals surface area contributed by atoms with Gasteiger partial charge >= 0.3 is 0 Å². The van der Waals surface area contributed by atoms with Gasteiger partial charge in [-0.05, 0) is 32.6 Å². The number of fused-ring (bicyclic) bond motifs is 1. The molecule has 2 aromatic rings. The van der Waals surface area contributed by atoms with Crippen molar-refractivity contribution >= 4 is 27.3 Å². The summed E-state index contributed by atoms with van der Waals surface area (Å²) in [5.41, 5.74) is -0.195. The lowest BCUT2D eigenvalue weighted by atomic mass is 10.1. The van der Waals surface area contributed by atoms with E-state index in [1.807, 2.05) is 6.92 Å². The minimum atomic E-state index is -0.423. The van der Waals surface area contributed by atoms with E-state index in [-0.39, 0.29) is 11.6 Å². The van der Waals surface area contributed by atoms with Crippen LogP contribution in [0.3, 0.4) is 0 Å². The van der Waals surface area contributed by atoms with Crippen molar-refractivity contribution in [2.24, 2.45) is 0 Å². The lowest BCUT2D eigenvalue weighted by Gasteiger charge is -2.25. The Morgan fingerprint density at radius 2 is 2.16 bits per heavy atom. The molecule has 0 radical (unpaired) electrons. The molecule has 1 aliphatic heterocycles. The van der Waals surface area contributed by atoms with Gasteiger partial charge in [-0.15, -0.1) is 5.10 Å². The number of aromatic nitrogens is 3. The minimum Gasteiger partial charge on any atom is -0.382 e. The molecule has 3 rings (SSSR count). The molecule has 0 saturated carbocycles. The van der Waals surface area contributed by atoms with Gasteiger partial charge in [0.1, 0.15) is 5.69 Å². The van der Waals surface area contributed by atoms with Gasteiger partial charge in [0, 0.05) is 38.9 Å². The van der Waals surface area contributed by atoms with E-state index in [1.165, 1.54) is 28.3 Å². The first-order valence-corrected chi connectivity index (χ1v) is 9.52. The van der Waals surface area contributed by atoms with Gasteiger partial charge in [-0.3, -0.25) is 9.59 Å². The van der Waals surface area contributed by atoms with E-state index in [1.54, 1.807) is 0 Å². The summed E-state index contributed by atoms with van der Waals surface area (Å²) >= 11 is 1.35. The van der Waals surface area contributed by atoms with Gasteiger partial charge in [-0.25, -0.2) is 0 Å². The molecule has 0 aliphatic carbocycles. The molecule has 1 saturated heterocycles. The minimum absolute atomic E-state index is 0.228. The summed E-state index contributed by atoms with van der Waals surface area (Å²) < 4.78 is 6.73. The Balaban J connectivity index is 1.78. The summed E-state index contributed by atoms with van der Waals surface area (Å²) in [7, 11) is 0. The zero-order chi connectivity index (χ0) is 17.6. The fourth-order valence-corrected chi connectivity index (χ4v) is 3.75. The Morgan fingerprint density at radius 1 is 1.36 bits per heavy atom. The monoisotopic (exact) mass is 365 g/mol. The molecule has 8 nitrogen and oxygen atoms in total. The highest BCUT2D eigenvalue weighted by Gasteiger charge is 2.19. The highest BCUT2D eigenvalue weighted by Crippen LogP contribution is 2.25. The predicted octanol–water partition coefficient (Wildman–Crippen LogP) is 1.30. The third-order valence-electron chi connectivity index (χ3n) is 4.06. The molecule has 1 N–H and O–H groups in total. The number of hydrogen-bond donors (Lipinski definition) is 1. The van der Waals surface area contributed by atoms with Crippen molar-refractivity contribution < 1.29 is 9.53 Å². The summed E-state index contributed by atoms with van der Waals surface area (Å²) in [4.78, 5) is 30.9. The van der Waals surface area contributed by atoms with Crippen LogP contribution in [0.25, 0.3) is 4.96 Å². The van der Waals surface area contributed by atoms with Crippen molar-refractivity contribution in [1.29, 1.82) is 0 Å². The van der Waals surface area contributed by atoms with Crippen LogP contribution in [0.5, 0.6) is 0 Å². The lowest BCUT2D eigenvalue weighted by Crippen LogP contribution is -2.30. The molecule has 1 fully saturated rings. The fourth-order valence-electron chi connectivity index (χ4n) is 2.79. The first-order valence-electron chi connectivity index (χ1n) is 8.71. The molecular formula is C16H23N5O3S. The molecular weight excluding hydrogens is 342 g/mol. The van der Waals surface area contributed by atoms with Crippen LogP contribution in [0.15, 0.2) is 10.9 Å². The number of piperidine rings is 1. The molecule has 0 atom stereocenters. The number of rotatable bonds is 7. The summed E-state index contributed by atoms with van der Waals surface area (Å²) in [5.74, 6) is -0.318. The molecule has 2 aromatic heterocycles. The first kappa shape index (κ1) is 17.8. The lowest BCUT2D eigenvalue weighted by molar-refractivity contribution is 0.0936. The van der Waals surface area contributed by atoms with Gasteiger partial charge in [0.25, 0.3) is 11.5 Å². The smallest absolute Gasteiger partial charge is 0.274 e. The predicted molar refractivity (Wildman–Crippen MR) is 96.6 cm³/mol. The van der Waals surface area contributed by atoms with E-state index in [9.17, 15) is 9.59 Å². The van der Waals surface area contributed by atoms with Gasteiger partial charge in [0.05, 0.1) is 0 Å². The second kappa shape index (κ2) is 8.39. The van der Waals surface area contributed by atoms with Gasteiger partial charge in [0.15, 0.2) is 0 Å². The van der Waals surface area contributed by atoms with E-state index in [0.717, 1.165) is 37.5 Å². The van der Waals surface area contributed by atoms with Gasteiger partial charge < -0.3 is 15.0 Å². The highest BCUT2D eigenvalue weighted by atomic mass is 32.1. The quantitative estimate of drug-likeness (QED) is 0.744. The Hall–Kier alpha value is -2.00. The van der Waals surface area contributed by atoms with E-state index < -0.39 is 5.56 Å². The fraction of sp³-hybridized carbons (Fsp3) is 0.625. The van der Waals surface area contributed by atoms with Crippen LogP contribution in [-0.4, -0.2) is 53.4 Å². The number of hydrogen-bond acceptors (Lipinski definition) is 7. The largest absolute Gasteiger partial charge is 0.382 e. The summed E-state index contributed by atoms with van der Waals surface area (Å²) in [5, 5.41) is 8.15. The summed E-state index contributed by atoms with van der Waals surface area (Å²) in [6, 6.07) is 1.24.